The normalized spacial score (nSPS) is 18.3. The number of hydrogen-bond donors (Lipinski definition) is 2. The predicted molar refractivity (Wildman–Crippen MR) is 107 cm³/mol. The van der Waals surface area contributed by atoms with Crippen molar-refractivity contribution in [2.24, 2.45) is 0 Å². The van der Waals surface area contributed by atoms with Gasteiger partial charge in [0.1, 0.15) is 10.4 Å². The third-order valence-electron chi connectivity index (χ3n) is 5.74. The highest BCUT2D eigenvalue weighted by atomic mass is 28.1. The monoisotopic (exact) mass is 440 g/mol. The molecule has 0 heterocycles. The van der Waals surface area contributed by atoms with Crippen LogP contribution >= 0.6 is 0 Å². The highest BCUT2D eigenvalue weighted by Gasteiger charge is 2.59. The molecule has 2 unspecified atom stereocenters. The fraction of sp³-hybridized carbons (Fsp3) is 0.750. The topological polar surface area (TPSA) is 130 Å². The molecular weight excluding hydrogens is 408 g/mol. The Morgan fingerprint density at radius 1 is 0.607 bits per heavy atom. The number of rotatable bonds is 12. The van der Waals surface area contributed by atoms with Crippen LogP contribution in [0.4, 0.5) is 0 Å². The van der Waals surface area contributed by atoms with E-state index in [4.69, 9.17) is 28.4 Å². The molecule has 0 aromatic heterocycles. The first-order valence-corrected chi connectivity index (χ1v) is 10.3. The van der Waals surface area contributed by atoms with Gasteiger partial charge in [-0.05, 0) is 13.8 Å². The standard InChI is InChI=1S/C16H32O10Si2/c1-13(21-3,22-4)15(27,25-7)9(11(17)18)10(12(19)20)16(28,26-8)14(2,23-5)24-6/h1-8,27-28H3,(H,17,18)(H,19,20). The first-order valence-electron chi connectivity index (χ1n) is 8.28. The van der Waals surface area contributed by atoms with Crippen LogP contribution < -0.4 is 0 Å². The lowest BCUT2D eigenvalue weighted by Gasteiger charge is -2.48. The van der Waals surface area contributed by atoms with Gasteiger partial charge in [0.2, 0.25) is 0 Å². The van der Waals surface area contributed by atoms with Crippen molar-refractivity contribution in [2.75, 3.05) is 42.7 Å². The second-order valence-corrected chi connectivity index (χ2v) is 9.36. The van der Waals surface area contributed by atoms with Crippen molar-refractivity contribution in [3.05, 3.63) is 11.1 Å². The SMILES string of the molecule is COC(C)(OC)C([SiH3])(OC)C(C(=O)O)=C(C(=O)O)C([SiH3])(OC)C(C)(OC)OC. The van der Waals surface area contributed by atoms with Gasteiger partial charge >= 0.3 is 11.9 Å². The molecule has 164 valence electrons. The molecule has 0 spiro atoms. The van der Waals surface area contributed by atoms with E-state index in [9.17, 15) is 19.8 Å². The third kappa shape index (κ3) is 4.09. The van der Waals surface area contributed by atoms with Crippen LogP contribution in [0.2, 0.25) is 0 Å². The van der Waals surface area contributed by atoms with E-state index in [2.05, 4.69) is 0 Å². The maximum absolute atomic E-state index is 12.4. The van der Waals surface area contributed by atoms with E-state index in [1.807, 2.05) is 0 Å². The fourth-order valence-electron chi connectivity index (χ4n) is 3.07. The Morgan fingerprint density at radius 2 is 0.821 bits per heavy atom. The van der Waals surface area contributed by atoms with E-state index in [1.165, 1.54) is 56.5 Å². The summed E-state index contributed by atoms with van der Waals surface area (Å²) in [7, 11) is 7.78. The van der Waals surface area contributed by atoms with Gasteiger partial charge in [0.15, 0.2) is 11.6 Å². The Labute approximate surface area is 170 Å². The number of ether oxygens (including phenoxy) is 6. The molecule has 0 radical (unpaired) electrons. The number of carbonyl (C=O) groups is 2. The zero-order valence-electron chi connectivity index (χ0n) is 18.2. The van der Waals surface area contributed by atoms with Gasteiger partial charge in [0.25, 0.3) is 0 Å². The summed E-state index contributed by atoms with van der Waals surface area (Å²) < 4.78 is 32.7. The minimum Gasteiger partial charge on any atom is -0.478 e. The minimum absolute atomic E-state index is 0.000909. The Kier molecular flexibility index (Phi) is 9.20. The fourth-order valence-corrected chi connectivity index (χ4v) is 4.82. The highest BCUT2D eigenvalue weighted by Crippen LogP contribution is 2.42. The lowest BCUT2D eigenvalue weighted by atomic mass is 9.89. The number of methoxy groups -OCH3 is 6. The second-order valence-electron chi connectivity index (χ2n) is 6.54. The second kappa shape index (κ2) is 9.58. The van der Waals surface area contributed by atoms with Crippen molar-refractivity contribution in [3.63, 3.8) is 0 Å². The molecule has 0 aromatic carbocycles. The van der Waals surface area contributed by atoms with Crippen molar-refractivity contribution in [1.82, 2.24) is 0 Å². The summed E-state index contributed by atoms with van der Waals surface area (Å²) >= 11 is 0. The Balaban J connectivity index is 7.53. The molecule has 0 fully saturated rings. The van der Waals surface area contributed by atoms with Gasteiger partial charge in [0.05, 0.1) is 31.6 Å². The maximum Gasteiger partial charge on any atom is 0.335 e. The number of carboxylic acid groups (broad SMARTS) is 2. The van der Waals surface area contributed by atoms with Gasteiger partial charge in [-0.2, -0.15) is 0 Å². The zero-order valence-corrected chi connectivity index (χ0v) is 22.2. The first-order chi connectivity index (χ1) is 12.8. The van der Waals surface area contributed by atoms with Crippen LogP contribution in [-0.2, 0) is 38.0 Å². The Hall–Kier alpha value is -1.13. The van der Waals surface area contributed by atoms with E-state index in [0.29, 0.717) is 0 Å². The lowest BCUT2D eigenvalue weighted by molar-refractivity contribution is -0.266. The molecular formula is C16H32O10Si2. The molecule has 0 saturated carbocycles. The molecule has 0 saturated heterocycles. The van der Waals surface area contributed by atoms with Crippen molar-refractivity contribution in [2.45, 2.75) is 35.9 Å². The van der Waals surface area contributed by atoms with E-state index < -0.39 is 45.1 Å². The van der Waals surface area contributed by atoms with Crippen LogP contribution in [0.25, 0.3) is 0 Å². The number of aliphatic carboxylic acids is 2. The highest BCUT2D eigenvalue weighted by molar-refractivity contribution is 6.26. The molecule has 0 rings (SSSR count). The lowest BCUT2D eigenvalue weighted by Crippen LogP contribution is -2.64. The van der Waals surface area contributed by atoms with E-state index in [-0.39, 0.29) is 20.5 Å². The summed E-state index contributed by atoms with van der Waals surface area (Å²) in [5.41, 5.74) is -1.12. The first kappa shape index (κ1) is 26.9. The summed E-state index contributed by atoms with van der Waals surface area (Å²) in [4.78, 5) is 24.8. The summed E-state index contributed by atoms with van der Waals surface area (Å²) in [5.74, 6) is -6.20. The zero-order chi connectivity index (χ0) is 22.6. The van der Waals surface area contributed by atoms with Crippen molar-refractivity contribution < 1.29 is 48.2 Å². The summed E-state index contributed by atoms with van der Waals surface area (Å²) in [5, 5.41) is 16.7. The van der Waals surface area contributed by atoms with Gasteiger partial charge in [-0.15, -0.1) is 0 Å². The molecule has 12 heteroatoms. The summed E-state index contributed by atoms with van der Waals surface area (Å²) in [6.45, 7) is 2.94. The molecule has 28 heavy (non-hydrogen) atoms. The predicted octanol–water partition coefficient (Wildman–Crippen LogP) is -2.11. The molecule has 0 amide bonds. The van der Waals surface area contributed by atoms with Gasteiger partial charge in [-0.1, -0.05) is 0 Å². The Bertz CT molecular complexity index is 563. The largest absolute Gasteiger partial charge is 0.478 e. The van der Waals surface area contributed by atoms with Crippen LogP contribution in [0.3, 0.4) is 0 Å². The van der Waals surface area contributed by atoms with Crippen molar-refractivity contribution >= 4 is 32.4 Å². The number of hydrogen-bond acceptors (Lipinski definition) is 8. The molecule has 0 aliphatic heterocycles. The average molecular weight is 441 g/mol. The number of carboxylic acids is 2. The molecule has 2 N–H and O–H groups in total. The van der Waals surface area contributed by atoms with Crippen LogP contribution in [0, 0.1) is 0 Å². The molecule has 10 nitrogen and oxygen atoms in total. The van der Waals surface area contributed by atoms with E-state index in [1.54, 1.807) is 0 Å². The molecule has 0 aliphatic carbocycles. The molecule has 2 atom stereocenters. The Morgan fingerprint density at radius 3 is 0.929 bits per heavy atom. The van der Waals surface area contributed by atoms with E-state index in [0.717, 1.165) is 0 Å². The average Bonchev–Trinajstić information content (AvgIpc) is 2.68. The van der Waals surface area contributed by atoms with Gasteiger partial charge < -0.3 is 38.6 Å². The van der Waals surface area contributed by atoms with Crippen LogP contribution in [0.5, 0.6) is 0 Å². The smallest absolute Gasteiger partial charge is 0.335 e. The summed E-state index contributed by atoms with van der Waals surface area (Å²) in [6, 6.07) is 0. The van der Waals surface area contributed by atoms with Gasteiger partial charge in [-0.3, -0.25) is 0 Å². The van der Waals surface area contributed by atoms with Gasteiger partial charge in [-0.25, -0.2) is 9.59 Å². The van der Waals surface area contributed by atoms with Crippen molar-refractivity contribution in [3.8, 4) is 0 Å². The van der Waals surface area contributed by atoms with Crippen LogP contribution in [0.15, 0.2) is 11.1 Å². The van der Waals surface area contributed by atoms with Crippen molar-refractivity contribution in [1.29, 1.82) is 0 Å². The van der Waals surface area contributed by atoms with Crippen LogP contribution in [0.1, 0.15) is 13.8 Å². The molecule has 0 aliphatic rings. The molecule has 0 aromatic rings. The quantitative estimate of drug-likeness (QED) is 0.197. The van der Waals surface area contributed by atoms with Gasteiger partial charge in [0, 0.05) is 42.7 Å². The maximum atomic E-state index is 12.4. The summed E-state index contributed by atoms with van der Waals surface area (Å²) in [6.07, 6.45) is 0. The van der Waals surface area contributed by atoms with E-state index >= 15 is 0 Å². The third-order valence-corrected chi connectivity index (χ3v) is 9.37. The van der Waals surface area contributed by atoms with Crippen LogP contribution in [-0.4, -0.2) is 107 Å². The minimum atomic E-state index is -1.72. The molecule has 0 bridgehead atoms.